The molecule has 3 N–H and O–H groups in total. The summed E-state index contributed by atoms with van der Waals surface area (Å²) in [6.45, 7) is 5.75. The molecule has 2 aromatic rings. The highest BCUT2D eigenvalue weighted by molar-refractivity contribution is 5.95. The second kappa shape index (κ2) is 10.9. The molecular formula is C22H29N3O5. The van der Waals surface area contributed by atoms with Crippen LogP contribution in [-0.4, -0.2) is 52.3 Å². The van der Waals surface area contributed by atoms with E-state index in [1.165, 1.54) is 31.9 Å². The summed E-state index contributed by atoms with van der Waals surface area (Å²) < 4.78 is 16.0. The van der Waals surface area contributed by atoms with Gasteiger partial charge in [-0.2, -0.15) is 0 Å². The van der Waals surface area contributed by atoms with Crippen LogP contribution in [0.5, 0.6) is 17.2 Å². The van der Waals surface area contributed by atoms with Crippen LogP contribution in [-0.2, 0) is 4.79 Å². The van der Waals surface area contributed by atoms with E-state index >= 15 is 0 Å². The molecule has 0 aliphatic rings. The fraction of sp³-hybridized carbons (Fsp3) is 0.364. The van der Waals surface area contributed by atoms with Gasteiger partial charge in [-0.3, -0.25) is 9.59 Å². The Hall–Kier alpha value is -3.42. The van der Waals surface area contributed by atoms with Gasteiger partial charge in [0, 0.05) is 30.9 Å². The van der Waals surface area contributed by atoms with E-state index in [1.807, 2.05) is 6.07 Å². The number of likely N-dealkylation sites (N-methyl/N-ethyl adjacent to an activating group) is 1. The molecule has 0 atom stereocenters. The maximum atomic E-state index is 12.7. The van der Waals surface area contributed by atoms with Gasteiger partial charge < -0.3 is 30.2 Å². The summed E-state index contributed by atoms with van der Waals surface area (Å²) in [6.07, 6.45) is 0. The molecule has 0 aliphatic carbocycles. The molecule has 0 bridgehead atoms. The zero-order valence-corrected chi connectivity index (χ0v) is 17.9. The number of carbonyl (C=O) groups excluding carboxylic acids is 2. The van der Waals surface area contributed by atoms with Crippen molar-refractivity contribution in [2.24, 2.45) is 5.73 Å². The largest absolute Gasteiger partial charge is 0.493 e. The molecule has 0 saturated heterocycles. The highest BCUT2D eigenvalue weighted by atomic mass is 16.5. The van der Waals surface area contributed by atoms with Crippen molar-refractivity contribution in [1.29, 1.82) is 0 Å². The molecule has 0 saturated carbocycles. The van der Waals surface area contributed by atoms with E-state index in [1.54, 1.807) is 0 Å². The summed E-state index contributed by atoms with van der Waals surface area (Å²) in [4.78, 5) is 25.9. The van der Waals surface area contributed by atoms with Gasteiger partial charge in [0.1, 0.15) is 0 Å². The number of hydrogen-bond donors (Lipinski definition) is 2. The maximum absolute atomic E-state index is 12.7. The Morgan fingerprint density at radius 2 is 1.77 bits per heavy atom. The number of benzene rings is 2. The summed E-state index contributed by atoms with van der Waals surface area (Å²) in [7, 11) is 2.88. The predicted octanol–water partition coefficient (Wildman–Crippen LogP) is 2.13. The predicted molar refractivity (Wildman–Crippen MR) is 116 cm³/mol. The average Bonchev–Trinajstić information content (AvgIpc) is 2.74. The number of primary amides is 1. The van der Waals surface area contributed by atoms with Gasteiger partial charge in [0.15, 0.2) is 18.1 Å². The quantitative estimate of drug-likeness (QED) is 0.583. The number of carbonyl (C=O) groups is 2. The number of aryl methyl sites for hydroxylation is 1. The smallest absolute Gasteiger partial charge is 0.255 e. The van der Waals surface area contributed by atoms with Crippen LogP contribution in [0.2, 0.25) is 0 Å². The topological polar surface area (TPSA) is 103 Å². The molecule has 0 radical (unpaired) electrons. The summed E-state index contributed by atoms with van der Waals surface area (Å²) in [6, 6.07) is 11.3. The summed E-state index contributed by atoms with van der Waals surface area (Å²) in [5.74, 6) is -0.137. The Bertz CT molecular complexity index is 860. The Labute approximate surface area is 176 Å². The molecule has 2 aromatic carbocycles. The zero-order chi connectivity index (χ0) is 22.1. The molecule has 30 heavy (non-hydrogen) atoms. The van der Waals surface area contributed by atoms with Gasteiger partial charge >= 0.3 is 0 Å². The fourth-order valence-electron chi connectivity index (χ4n) is 3.00. The van der Waals surface area contributed by atoms with Crippen molar-refractivity contribution in [3.63, 3.8) is 0 Å². The Balaban J connectivity index is 2.07. The van der Waals surface area contributed by atoms with E-state index in [2.05, 4.69) is 42.3 Å². The van der Waals surface area contributed by atoms with Crippen molar-refractivity contribution in [2.75, 3.05) is 45.4 Å². The third kappa shape index (κ3) is 6.04. The van der Waals surface area contributed by atoms with E-state index < -0.39 is 5.91 Å². The molecule has 0 heterocycles. The minimum Gasteiger partial charge on any atom is -0.493 e. The normalized spacial score (nSPS) is 10.3. The third-order valence-corrected chi connectivity index (χ3v) is 4.50. The molecule has 2 rings (SSSR count). The SMILES string of the molecule is CCN(CCNC(=O)c1cc(OC)c(OCC(N)=O)c(OC)c1)c1cccc(C)c1. The lowest BCUT2D eigenvalue weighted by atomic mass is 10.1. The zero-order valence-electron chi connectivity index (χ0n) is 17.9. The van der Waals surface area contributed by atoms with E-state index in [0.29, 0.717) is 18.7 Å². The van der Waals surface area contributed by atoms with Crippen molar-refractivity contribution in [3.8, 4) is 17.2 Å². The molecule has 162 valence electrons. The second-order valence-electron chi connectivity index (χ2n) is 6.64. The molecule has 2 amide bonds. The second-order valence-corrected chi connectivity index (χ2v) is 6.64. The van der Waals surface area contributed by atoms with Gasteiger partial charge in [0.2, 0.25) is 5.75 Å². The summed E-state index contributed by atoms with van der Waals surface area (Å²) in [5, 5.41) is 2.91. The van der Waals surface area contributed by atoms with E-state index in [-0.39, 0.29) is 29.8 Å². The van der Waals surface area contributed by atoms with Crippen molar-refractivity contribution in [2.45, 2.75) is 13.8 Å². The van der Waals surface area contributed by atoms with Crippen molar-refractivity contribution < 1.29 is 23.8 Å². The van der Waals surface area contributed by atoms with Gasteiger partial charge in [-0.1, -0.05) is 12.1 Å². The van der Waals surface area contributed by atoms with Crippen LogP contribution in [0.4, 0.5) is 5.69 Å². The lowest BCUT2D eigenvalue weighted by Gasteiger charge is -2.23. The van der Waals surface area contributed by atoms with Gasteiger partial charge in [-0.05, 0) is 43.7 Å². The number of anilines is 1. The molecule has 0 unspecified atom stereocenters. The number of hydrogen-bond acceptors (Lipinski definition) is 6. The molecular weight excluding hydrogens is 386 g/mol. The average molecular weight is 415 g/mol. The van der Waals surface area contributed by atoms with Crippen LogP contribution in [0, 0.1) is 6.92 Å². The third-order valence-electron chi connectivity index (χ3n) is 4.50. The Kier molecular flexibility index (Phi) is 8.34. The first kappa shape index (κ1) is 22.9. The number of amides is 2. The lowest BCUT2D eigenvalue weighted by Crippen LogP contribution is -2.35. The van der Waals surface area contributed by atoms with Crippen molar-refractivity contribution in [3.05, 3.63) is 47.5 Å². The number of nitrogens with two attached hydrogens (primary N) is 1. The Morgan fingerprint density at radius 1 is 1.10 bits per heavy atom. The van der Waals surface area contributed by atoms with Gasteiger partial charge in [0.05, 0.1) is 14.2 Å². The summed E-state index contributed by atoms with van der Waals surface area (Å²) >= 11 is 0. The molecule has 0 aromatic heterocycles. The molecule has 0 aliphatic heterocycles. The molecule has 8 nitrogen and oxygen atoms in total. The molecule has 8 heteroatoms. The highest BCUT2D eigenvalue weighted by Crippen LogP contribution is 2.38. The minimum atomic E-state index is -0.630. The van der Waals surface area contributed by atoms with Crippen LogP contribution >= 0.6 is 0 Å². The maximum Gasteiger partial charge on any atom is 0.255 e. The first-order valence-electron chi connectivity index (χ1n) is 9.66. The van der Waals surface area contributed by atoms with Gasteiger partial charge in [-0.25, -0.2) is 0 Å². The van der Waals surface area contributed by atoms with Crippen LogP contribution in [0.15, 0.2) is 36.4 Å². The minimum absolute atomic E-state index is 0.215. The first-order valence-corrected chi connectivity index (χ1v) is 9.66. The first-order chi connectivity index (χ1) is 14.4. The fourth-order valence-corrected chi connectivity index (χ4v) is 3.00. The summed E-state index contributed by atoms with van der Waals surface area (Å²) in [5.41, 5.74) is 7.79. The number of nitrogens with zero attached hydrogens (tertiary/aromatic N) is 1. The monoisotopic (exact) mass is 415 g/mol. The number of nitrogens with one attached hydrogen (secondary N) is 1. The lowest BCUT2D eigenvalue weighted by molar-refractivity contribution is -0.120. The molecule has 0 fully saturated rings. The van der Waals surface area contributed by atoms with Gasteiger partial charge in [0.25, 0.3) is 11.8 Å². The van der Waals surface area contributed by atoms with Gasteiger partial charge in [-0.15, -0.1) is 0 Å². The van der Waals surface area contributed by atoms with Crippen molar-refractivity contribution in [1.82, 2.24) is 5.32 Å². The van der Waals surface area contributed by atoms with Crippen LogP contribution in [0.25, 0.3) is 0 Å². The van der Waals surface area contributed by atoms with Crippen LogP contribution in [0.1, 0.15) is 22.8 Å². The Morgan fingerprint density at radius 3 is 2.30 bits per heavy atom. The van der Waals surface area contributed by atoms with E-state index in [9.17, 15) is 9.59 Å². The number of methoxy groups -OCH3 is 2. The highest BCUT2D eigenvalue weighted by Gasteiger charge is 2.18. The standard InChI is InChI=1S/C22H29N3O5/c1-5-25(17-8-6-7-15(2)11-17)10-9-24-22(27)16-12-18(28-3)21(19(13-16)29-4)30-14-20(23)26/h6-8,11-13H,5,9-10,14H2,1-4H3,(H2,23,26)(H,24,27). The van der Waals surface area contributed by atoms with Crippen molar-refractivity contribution >= 4 is 17.5 Å². The van der Waals surface area contributed by atoms with E-state index in [4.69, 9.17) is 19.9 Å². The van der Waals surface area contributed by atoms with E-state index in [0.717, 1.165) is 12.2 Å². The number of ether oxygens (including phenoxy) is 3. The van der Waals surface area contributed by atoms with Crippen LogP contribution in [0.3, 0.4) is 0 Å². The number of rotatable bonds is 11. The molecule has 0 spiro atoms. The van der Waals surface area contributed by atoms with Crippen LogP contribution < -0.4 is 30.2 Å².